The fourth-order valence-electron chi connectivity index (χ4n) is 2.41. The Hall–Kier alpha value is -2.04. The SMILES string of the molecule is CC(=O)N(C(C)C)C(C(=O)O)c1cc(C)c(O)c(C)c1. The highest BCUT2D eigenvalue weighted by atomic mass is 16.4. The predicted octanol–water partition coefficient (Wildman–Crippen LogP) is 2.39. The van der Waals surface area contributed by atoms with Gasteiger partial charge in [0.25, 0.3) is 0 Å². The largest absolute Gasteiger partial charge is 0.507 e. The van der Waals surface area contributed by atoms with Gasteiger partial charge in [0.1, 0.15) is 5.75 Å². The predicted molar refractivity (Wildman–Crippen MR) is 75.6 cm³/mol. The molecule has 0 aromatic heterocycles. The Kier molecular flexibility index (Phi) is 4.76. The highest BCUT2D eigenvalue weighted by Crippen LogP contribution is 2.30. The van der Waals surface area contributed by atoms with Crippen molar-refractivity contribution in [3.05, 3.63) is 28.8 Å². The van der Waals surface area contributed by atoms with Crippen LogP contribution in [0.1, 0.15) is 43.5 Å². The van der Waals surface area contributed by atoms with Gasteiger partial charge in [0.15, 0.2) is 6.04 Å². The van der Waals surface area contributed by atoms with Crippen LogP contribution in [0, 0.1) is 13.8 Å². The molecule has 0 radical (unpaired) electrons. The summed E-state index contributed by atoms with van der Waals surface area (Å²) < 4.78 is 0. The lowest BCUT2D eigenvalue weighted by Gasteiger charge is -2.32. The summed E-state index contributed by atoms with van der Waals surface area (Å²) in [7, 11) is 0. The summed E-state index contributed by atoms with van der Waals surface area (Å²) >= 11 is 0. The summed E-state index contributed by atoms with van der Waals surface area (Å²) in [6.45, 7) is 8.32. The zero-order valence-corrected chi connectivity index (χ0v) is 12.5. The van der Waals surface area contributed by atoms with Gasteiger partial charge in [-0.15, -0.1) is 0 Å². The maximum Gasteiger partial charge on any atom is 0.331 e. The molecule has 0 saturated heterocycles. The molecule has 0 spiro atoms. The van der Waals surface area contributed by atoms with Crippen molar-refractivity contribution in [2.75, 3.05) is 0 Å². The Morgan fingerprint density at radius 3 is 1.90 bits per heavy atom. The lowest BCUT2D eigenvalue weighted by molar-refractivity contribution is -0.151. The summed E-state index contributed by atoms with van der Waals surface area (Å²) in [5.41, 5.74) is 1.69. The van der Waals surface area contributed by atoms with E-state index >= 15 is 0 Å². The number of nitrogens with zero attached hydrogens (tertiary/aromatic N) is 1. The third-order valence-electron chi connectivity index (χ3n) is 3.26. The van der Waals surface area contributed by atoms with E-state index in [0.717, 1.165) is 0 Å². The molecule has 0 aliphatic carbocycles. The van der Waals surface area contributed by atoms with E-state index in [1.165, 1.54) is 11.8 Å². The second-order valence-electron chi connectivity index (χ2n) is 5.26. The number of aryl methyl sites for hydroxylation is 2. The quantitative estimate of drug-likeness (QED) is 0.887. The molecule has 0 bridgehead atoms. The van der Waals surface area contributed by atoms with Crippen LogP contribution in [0.15, 0.2) is 12.1 Å². The number of hydrogen-bond acceptors (Lipinski definition) is 3. The number of benzene rings is 1. The first kappa shape index (κ1) is 16.0. The van der Waals surface area contributed by atoms with E-state index in [0.29, 0.717) is 16.7 Å². The standard InChI is InChI=1S/C15H21NO4/c1-8(2)16(11(5)17)13(15(19)20)12-6-9(3)14(18)10(4)7-12/h6-8,13,18H,1-5H3,(H,19,20). The zero-order valence-electron chi connectivity index (χ0n) is 12.5. The van der Waals surface area contributed by atoms with E-state index in [1.54, 1.807) is 39.8 Å². The Balaban J connectivity index is 3.41. The summed E-state index contributed by atoms with van der Waals surface area (Å²) in [6.07, 6.45) is 0. The van der Waals surface area contributed by atoms with Crippen LogP contribution in [0.3, 0.4) is 0 Å². The minimum atomic E-state index is -1.08. The molecule has 110 valence electrons. The van der Waals surface area contributed by atoms with E-state index in [-0.39, 0.29) is 17.7 Å². The van der Waals surface area contributed by atoms with Gasteiger partial charge in [0.05, 0.1) is 0 Å². The van der Waals surface area contributed by atoms with Crippen LogP contribution >= 0.6 is 0 Å². The number of rotatable bonds is 4. The van der Waals surface area contributed by atoms with Crippen LogP contribution in [-0.4, -0.2) is 33.0 Å². The summed E-state index contributed by atoms with van der Waals surface area (Å²) in [5.74, 6) is -1.23. The molecule has 1 amide bonds. The monoisotopic (exact) mass is 279 g/mol. The van der Waals surface area contributed by atoms with E-state index in [2.05, 4.69) is 0 Å². The van der Waals surface area contributed by atoms with Crippen molar-refractivity contribution in [3.8, 4) is 5.75 Å². The average Bonchev–Trinajstić information content (AvgIpc) is 2.30. The topological polar surface area (TPSA) is 77.8 Å². The number of carboxylic acid groups (broad SMARTS) is 1. The minimum Gasteiger partial charge on any atom is -0.507 e. The molecule has 1 atom stereocenters. The Bertz CT molecular complexity index is 514. The molecule has 5 nitrogen and oxygen atoms in total. The molecule has 1 unspecified atom stereocenters. The lowest BCUT2D eigenvalue weighted by atomic mass is 9.98. The molecular weight excluding hydrogens is 258 g/mol. The summed E-state index contributed by atoms with van der Waals surface area (Å²) in [6, 6.07) is 1.94. The number of amides is 1. The highest BCUT2D eigenvalue weighted by molar-refractivity contribution is 5.84. The molecule has 1 aromatic rings. The normalized spacial score (nSPS) is 12.3. The maximum atomic E-state index is 11.8. The van der Waals surface area contributed by atoms with Gasteiger partial charge in [-0.2, -0.15) is 0 Å². The molecule has 0 aliphatic heterocycles. The van der Waals surface area contributed by atoms with Gasteiger partial charge in [-0.25, -0.2) is 4.79 Å². The van der Waals surface area contributed by atoms with Crippen molar-refractivity contribution in [3.63, 3.8) is 0 Å². The first-order valence-corrected chi connectivity index (χ1v) is 6.48. The fourth-order valence-corrected chi connectivity index (χ4v) is 2.41. The number of phenolic OH excluding ortho intramolecular Hbond substituents is 1. The Labute approximate surface area is 118 Å². The summed E-state index contributed by atoms with van der Waals surface area (Å²) in [5, 5.41) is 19.3. The summed E-state index contributed by atoms with van der Waals surface area (Å²) in [4.78, 5) is 24.7. The zero-order chi connectivity index (χ0) is 15.6. The Morgan fingerprint density at radius 2 is 1.60 bits per heavy atom. The Morgan fingerprint density at radius 1 is 1.15 bits per heavy atom. The van der Waals surface area contributed by atoms with Crippen molar-refractivity contribution >= 4 is 11.9 Å². The van der Waals surface area contributed by atoms with Crippen LogP contribution in [0.2, 0.25) is 0 Å². The van der Waals surface area contributed by atoms with Gasteiger partial charge >= 0.3 is 5.97 Å². The van der Waals surface area contributed by atoms with E-state index in [1.807, 2.05) is 0 Å². The molecule has 5 heteroatoms. The van der Waals surface area contributed by atoms with Crippen LogP contribution in [0.5, 0.6) is 5.75 Å². The molecular formula is C15H21NO4. The maximum absolute atomic E-state index is 11.8. The van der Waals surface area contributed by atoms with Crippen LogP contribution in [-0.2, 0) is 9.59 Å². The number of carbonyl (C=O) groups excluding carboxylic acids is 1. The second kappa shape index (κ2) is 5.94. The van der Waals surface area contributed by atoms with Gasteiger partial charge in [0.2, 0.25) is 5.91 Å². The van der Waals surface area contributed by atoms with E-state index in [9.17, 15) is 19.8 Å². The van der Waals surface area contributed by atoms with Gasteiger partial charge in [-0.05, 0) is 56.5 Å². The minimum absolute atomic E-state index is 0.150. The third kappa shape index (κ3) is 3.10. The number of carboxylic acids is 1. The van der Waals surface area contributed by atoms with Crippen LogP contribution < -0.4 is 0 Å². The average molecular weight is 279 g/mol. The number of phenols is 1. The second-order valence-corrected chi connectivity index (χ2v) is 5.26. The van der Waals surface area contributed by atoms with Crippen molar-refractivity contribution in [2.45, 2.75) is 46.7 Å². The first-order chi connectivity index (χ1) is 9.16. The lowest BCUT2D eigenvalue weighted by Crippen LogP contribution is -2.42. The number of carbonyl (C=O) groups is 2. The van der Waals surface area contributed by atoms with Crippen molar-refractivity contribution in [1.29, 1.82) is 0 Å². The highest BCUT2D eigenvalue weighted by Gasteiger charge is 2.31. The van der Waals surface area contributed by atoms with Crippen LogP contribution in [0.4, 0.5) is 0 Å². The molecule has 20 heavy (non-hydrogen) atoms. The number of hydrogen-bond donors (Lipinski definition) is 2. The van der Waals surface area contributed by atoms with E-state index in [4.69, 9.17) is 0 Å². The smallest absolute Gasteiger partial charge is 0.331 e. The molecule has 0 aliphatic rings. The molecule has 0 saturated carbocycles. The van der Waals surface area contributed by atoms with Crippen LogP contribution in [0.25, 0.3) is 0 Å². The van der Waals surface area contributed by atoms with Gasteiger partial charge < -0.3 is 15.1 Å². The molecule has 0 heterocycles. The van der Waals surface area contributed by atoms with Crippen molar-refractivity contribution in [1.82, 2.24) is 4.90 Å². The van der Waals surface area contributed by atoms with Gasteiger partial charge in [0, 0.05) is 13.0 Å². The number of aromatic hydroxyl groups is 1. The molecule has 0 fully saturated rings. The third-order valence-corrected chi connectivity index (χ3v) is 3.26. The van der Waals surface area contributed by atoms with Gasteiger partial charge in [-0.1, -0.05) is 0 Å². The van der Waals surface area contributed by atoms with Crippen molar-refractivity contribution in [2.24, 2.45) is 0 Å². The molecule has 1 rings (SSSR count). The number of aliphatic carboxylic acids is 1. The van der Waals surface area contributed by atoms with Gasteiger partial charge in [-0.3, -0.25) is 4.79 Å². The fraction of sp³-hybridized carbons (Fsp3) is 0.467. The molecule has 1 aromatic carbocycles. The first-order valence-electron chi connectivity index (χ1n) is 6.48. The van der Waals surface area contributed by atoms with Crippen molar-refractivity contribution < 1.29 is 19.8 Å². The van der Waals surface area contributed by atoms with E-state index < -0.39 is 12.0 Å². The molecule has 2 N–H and O–H groups in total.